The second kappa shape index (κ2) is 13.3. The van der Waals surface area contributed by atoms with Crippen molar-refractivity contribution >= 4 is 48.4 Å². The van der Waals surface area contributed by atoms with E-state index in [0.717, 1.165) is 18.8 Å². The van der Waals surface area contributed by atoms with Gasteiger partial charge in [0.25, 0.3) is 0 Å². The molecule has 0 heterocycles. The number of allylic oxidation sites excluding steroid dienone is 2. The van der Waals surface area contributed by atoms with E-state index in [4.69, 9.17) is 17.0 Å². The fourth-order valence-corrected chi connectivity index (χ4v) is 41.9. The normalized spacial score (nSPS) is 24.3. The standard InChI is InChI=1S/C20H23Si.C20H27.C2H7Si.2ClH.Zr/c1-5-15-13-17-7-6-8-19(20(17)14-15)16-9-11-18(12-10-16)21(2,3)4;1-4-15(3)19-7-5-6-17-12-18(13-20(17)19)16-10-8-14(2)9-11-16;1-3-2;;;/h6-14H,5H2,1-4H3;5-7,12-16H,4,8-11H2,1-3H3;3H,1-2H3;2*1H;/q;;;;;+2/p-2. The molecule has 3 aliphatic carbocycles. The van der Waals surface area contributed by atoms with Crippen LogP contribution < -0.4 is 5.19 Å². The molecule has 3 atom stereocenters. The summed E-state index contributed by atoms with van der Waals surface area (Å²) in [6, 6.07) is 23.6. The van der Waals surface area contributed by atoms with Gasteiger partial charge in [0.05, 0.1) is 0 Å². The first-order valence-corrected chi connectivity index (χ1v) is 38.4. The molecule has 0 aliphatic heterocycles. The van der Waals surface area contributed by atoms with Gasteiger partial charge in [0, 0.05) is 0 Å². The van der Waals surface area contributed by atoms with E-state index >= 15 is 0 Å². The molecule has 0 nitrogen and oxygen atoms in total. The van der Waals surface area contributed by atoms with Crippen LogP contribution in [-0.4, -0.2) is 14.0 Å². The Labute approximate surface area is 296 Å². The van der Waals surface area contributed by atoms with Crippen LogP contribution in [0.2, 0.25) is 32.7 Å². The number of fused-ring (bicyclic) bond motifs is 2. The molecule has 3 aliphatic rings. The Morgan fingerprint density at radius 1 is 0.809 bits per heavy atom. The molecule has 0 amide bonds. The van der Waals surface area contributed by atoms with Crippen molar-refractivity contribution in [3.8, 4) is 11.1 Å². The van der Waals surface area contributed by atoms with Gasteiger partial charge in [-0.1, -0.05) is 0 Å². The van der Waals surface area contributed by atoms with Crippen LogP contribution in [0.25, 0.3) is 23.3 Å². The van der Waals surface area contributed by atoms with Crippen LogP contribution in [0.4, 0.5) is 0 Å². The molecule has 0 saturated heterocycles. The van der Waals surface area contributed by atoms with Crippen molar-refractivity contribution in [2.45, 2.75) is 112 Å². The van der Waals surface area contributed by atoms with Gasteiger partial charge in [-0.05, 0) is 0 Å². The second-order valence-corrected chi connectivity index (χ2v) is 64.3. The fourth-order valence-electron chi connectivity index (χ4n) is 9.32. The van der Waals surface area contributed by atoms with Gasteiger partial charge in [-0.15, -0.1) is 0 Å². The summed E-state index contributed by atoms with van der Waals surface area (Å²) in [4.78, 5) is 0. The molecule has 251 valence electrons. The molecule has 1 saturated carbocycles. The Bertz CT molecular complexity index is 1700. The second-order valence-electron chi connectivity index (χ2n) is 16.7. The average Bonchev–Trinajstić information content (AvgIpc) is 3.65. The van der Waals surface area contributed by atoms with Gasteiger partial charge in [0.2, 0.25) is 0 Å². The van der Waals surface area contributed by atoms with Crippen LogP contribution in [-0.2, 0) is 15.6 Å². The van der Waals surface area contributed by atoms with Crippen LogP contribution in [0.5, 0.6) is 0 Å². The summed E-state index contributed by atoms with van der Waals surface area (Å²) in [7, 11) is 16.2. The van der Waals surface area contributed by atoms with Crippen molar-refractivity contribution in [1.82, 2.24) is 0 Å². The molecule has 0 spiro atoms. The third-order valence-electron chi connectivity index (χ3n) is 12.6. The van der Waals surface area contributed by atoms with Gasteiger partial charge >= 0.3 is 299 Å². The topological polar surface area (TPSA) is 0 Å². The molecule has 0 aromatic heterocycles. The van der Waals surface area contributed by atoms with Crippen LogP contribution in [0.1, 0.15) is 107 Å². The molecule has 0 radical (unpaired) electrons. The van der Waals surface area contributed by atoms with Crippen molar-refractivity contribution in [1.29, 1.82) is 0 Å². The summed E-state index contributed by atoms with van der Waals surface area (Å²) in [6.07, 6.45) is 12.4. The molecule has 0 bridgehead atoms. The Morgan fingerprint density at radius 2 is 1.43 bits per heavy atom. The van der Waals surface area contributed by atoms with E-state index in [-0.39, 0.29) is 7.25 Å². The van der Waals surface area contributed by atoms with Gasteiger partial charge in [0.1, 0.15) is 0 Å². The van der Waals surface area contributed by atoms with Crippen molar-refractivity contribution in [3.05, 3.63) is 99.6 Å². The Morgan fingerprint density at radius 3 is 2.00 bits per heavy atom. The van der Waals surface area contributed by atoms with E-state index in [1.54, 1.807) is 5.57 Å². The summed E-state index contributed by atoms with van der Waals surface area (Å²) in [5.41, 5.74) is 12.9. The van der Waals surface area contributed by atoms with Crippen LogP contribution in [0.3, 0.4) is 0 Å². The Kier molecular flexibility index (Phi) is 10.1. The number of benzene rings is 3. The van der Waals surface area contributed by atoms with Gasteiger partial charge in [-0.25, -0.2) is 0 Å². The average molecular weight is 780 g/mol. The number of hydrogen-bond donors (Lipinski definition) is 0. The molecule has 6 rings (SSSR count). The Balaban J connectivity index is 1.56. The molecule has 3 aromatic carbocycles. The third-order valence-corrected chi connectivity index (χ3v) is 66.4. The van der Waals surface area contributed by atoms with E-state index in [9.17, 15) is 0 Å². The summed E-state index contributed by atoms with van der Waals surface area (Å²) < 4.78 is 0.344. The van der Waals surface area contributed by atoms with Crippen molar-refractivity contribution in [3.63, 3.8) is 0 Å². The number of halogens is 2. The summed E-state index contributed by atoms with van der Waals surface area (Å²) in [5, 5.41) is 1.51. The predicted octanol–water partition coefficient (Wildman–Crippen LogP) is 13.2. The fraction of sp³-hybridized carbons (Fsp3) is 0.476. The van der Waals surface area contributed by atoms with E-state index in [2.05, 4.69) is 133 Å². The maximum atomic E-state index is 8.81. The number of rotatable bonds is 9. The monoisotopic (exact) mass is 777 g/mol. The predicted molar refractivity (Wildman–Crippen MR) is 213 cm³/mol. The van der Waals surface area contributed by atoms with Crippen LogP contribution in [0, 0.1) is 11.8 Å². The van der Waals surface area contributed by atoms with Crippen LogP contribution >= 0.6 is 17.0 Å². The van der Waals surface area contributed by atoms with Crippen LogP contribution in [0.15, 0.2) is 71.8 Å². The van der Waals surface area contributed by atoms with Gasteiger partial charge in [0.15, 0.2) is 0 Å². The zero-order chi connectivity index (χ0) is 33.9. The summed E-state index contributed by atoms with van der Waals surface area (Å²) >= 11 is -4.80. The molecule has 3 unspecified atom stereocenters. The molecule has 5 heteroatoms. The van der Waals surface area contributed by atoms with Crippen molar-refractivity contribution < 1.29 is 15.6 Å². The van der Waals surface area contributed by atoms with Crippen molar-refractivity contribution in [2.75, 3.05) is 0 Å². The molecule has 1 fully saturated rings. The number of hydrogen-bond acceptors (Lipinski definition) is 0. The first-order valence-electron chi connectivity index (χ1n) is 18.6. The summed E-state index contributed by atoms with van der Waals surface area (Å²) in [5.74, 6) is 0.314. The third kappa shape index (κ3) is 6.09. The minimum atomic E-state index is -4.80. The zero-order valence-corrected chi connectivity index (χ0v) is 36.5. The van der Waals surface area contributed by atoms with Gasteiger partial charge in [-0.2, -0.15) is 0 Å². The quantitative estimate of drug-likeness (QED) is 0.190. The zero-order valence-electron chi connectivity index (χ0n) is 30.4. The molecule has 47 heavy (non-hydrogen) atoms. The summed E-state index contributed by atoms with van der Waals surface area (Å²) in [6.45, 7) is 21.8. The molecule has 3 aromatic rings. The first kappa shape index (κ1) is 35.8. The first-order chi connectivity index (χ1) is 22.2. The van der Waals surface area contributed by atoms with E-state index in [0.29, 0.717) is 11.8 Å². The van der Waals surface area contributed by atoms with Gasteiger partial charge in [-0.3, -0.25) is 0 Å². The van der Waals surface area contributed by atoms with E-state index in [1.165, 1.54) is 75.4 Å². The van der Waals surface area contributed by atoms with E-state index < -0.39 is 29.6 Å². The van der Waals surface area contributed by atoms with E-state index in [1.807, 2.05) is 0 Å². The molecule has 0 N–H and O–H groups in total. The molecular formula is C42H57Cl2Si2Zr. The van der Waals surface area contributed by atoms with Gasteiger partial charge < -0.3 is 0 Å². The minimum absolute atomic E-state index is 0.154. The SMILES string of the molecule is CCC1=Cc2c(-c3ccc([Si](C)(C)C)cc3)cccc2[CH]1[Zr]([Cl])([Cl])([CH]1C(C2CCC(C)CC2)=Cc2c(C(C)CC)cccc21)[SiH](C)C. The van der Waals surface area contributed by atoms with Crippen molar-refractivity contribution in [2.24, 2.45) is 11.8 Å². The maximum absolute atomic E-state index is 8.81. The molecular weight excluding hydrogens is 723 g/mol. The Hall–Kier alpha value is -0.963.